The van der Waals surface area contributed by atoms with E-state index >= 15 is 0 Å². The quantitative estimate of drug-likeness (QED) is 0.798. The van der Waals surface area contributed by atoms with Crippen LogP contribution in [0.5, 0.6) is 5.75 Å². The van der Waals surface area contributed by atoms with E-state index in [4.69, 9.17) is 0 Å². The van der Waals surface area contributed by atoms with Crippen LogP contribution in [0.3, 0.4) is 0 Å². The van der Waals surface area contributed by atoms with E-state index in [1.165, 1.54) is 18.6 Å². The molecule has 2 aliphatic rings. The van der Waals surface area contributed by atoms with Gasteiger partial charge in [0.05, 0.1) is 5.56 Å². The molecule has 0 heterocycles. The van der Waals surface area contributed by atoms with Crippen LogP contribution in [0.1, 0.15) is 36.0 Å². The molecule has 2 nitrogen and oxygen atoms in total. The molecule has 0 aliphatic heterocycles. The van der Waals surface area contributed by atoms with Gasteiger partial charge in [0, 0.05) is 5.92 Å². The van der Waals surface area contributed by atoms with E-state index in [9.17, 15) is 14.3 Å². The number of aromatic hydroxyl groups is 1. The van der Waals surface area contributed by atoms with Crippen molar-refractivity contribution >= 4 is 5.78 Å². The number of carbonyl (C=O) groups is 1. The number of halogens is 1. The Labute approximate surface area is 99.5 Å². The van der Waals surface area contributed by atoms with Gasteiger partial charge >= 0.3 is 0 Å². The predicted octanol–water partition coefficient (Wildman–Crippen LogP) is 3.15. The fourth-order valence-electron chi connectivity index (χ4n) is 3.47. The van der Waals surface area contributed by atoms with Crippen molar-refractivity contribution in [3.05, 3.63) is 29.6 Å². The largest absolute Gasteiger partial charge is 0.507 e. The van der Waals surface area contributed by atoms with Gasteiger partial charge in [-0.2, -0.15) is 0 Å². The Morgan fingerprint density at radius 1 is 1.29 bits per heavy atom. The molecule has 2 saturated carbocycles. The van der Waals surface area contributed by atoms with Crippen LogP contribution in [0, 0.1) is 23.6 Å². The highest BCUT2D eigenvalue weighted by Crippen LogP contribution is 2.49. The van der Waals surface area contributed by atoms with Crippen molar-refractivity contribution in [3.63, 3.8) is 0 Å². The molecule has 3 rings (SSSR count). The van der Waals surface area contributed by atoms with Gasteiger partial charge in [-0.3, -0.25) is 4.79 Å². The maximum absolute atomic E-state index is 13.1. The van der Waals surface area contributed by atoms with Crippen molar-refractivity contribution < 1.29 is 14.3 Å². The summed E-state index contributed by atoms with van der Waals surface area (Å²) in [7, 11) is 0. The maximum atomic E-state index is 13.1. The molecule has 1 N–H and O–H groups in total. The summed E-state index contributed by atoms with van der Waals surface area (Å²) in [6.45, 7) is 0. The van der Waals surface area contributed by atoms with Crippen LogP contribution >= 0.6 is 0 Å². The fraction of sp³-hybridized carbons (Fsp3) is 0.500. The van der Waals surface area contributed by atoms with Crippen LogP contribution in [0.15, 0.2) is 18.2 Å². The van der Waals surface area contributed by atoms with Gasteiger partial charge in [-0.25, -0.2) is 4.39 Å². The van der Waals surface area contributed by atoms with Crippen molar-refractivity contribution in [2.75, 3.05) is 0 Å². The third-order valence-electron chi connectivity index (χ3n) is 4.30. The zero-order valence-corrected chi connectivity index (χ0v) is 9.53. The van der Waals surface area contributed by atoms with E-state index in [1.54, 1.807) is 0 Å². The lowest BCUT2D eigenvalue weighted by molar-refractivity contribution is 0.0871. The average molecular weight is 234 g/mol. The van der Waals surface area contributed by atoms with Gasteiger partial charge in [-0.15, -0.1) is 0 Å². The third kappa shape index (κ3) is 1.74. The molecule has 2 fully saturated rings. The van der Waals surface area contributed by atoms with Gasteiger partial charge in [0.15, 0.2) is 5.78 Å². The molecule has 1 aromatic rings. The van der Waals surface area contributed by atoms with Gasteiger partial charge in [-0.05, 0) is 49.3 Å². The predicted molar refractivity (Wildman–Crippen MR) is 61.3 cm³/mol. The summed E-state index contributed by atoms with van der Waals surface area (Å²) in [6.07, 6.45) is 4.38. The van der Waals surface area contributed by atoms with Gasteiger partial charge in [-0.1, -0.05) is 6.42 Å². The molecule has 0 aromatic heterocycles. The Balaban J connectivity index is 1.89. The summed E-state index contributed by atoms with van der Waals surface area (Å²) in [5.74, 6) is 0.490. The minimum Gasteiger partial charge on any atom is -0.507 e. The lowest BCUT2D eigenvalue weighted by atomic mass is 9.83. The van der Waals surface area contributed by atoms with Crippen LogP contribution in [-0.2, 0) is 0 Å². The van der Waals surface area contributed by atoms with E-state index in [-0.39, 0.29) is 23.0 Å². The van der Waals surface area contributed by atoms with Crippen molar-refractivity contribution in [3.8, 4) is 5.75 Å². The normalized spacial score (nSPS) is 30.8. The molecular weight excluding hydrogens is 219 g/mol. The zero-order valence-electron chi connectivity index (χ0n) is 9.53. The first-order chi connectivity index (χ1) is 8.15. The van der Waals surface area contributed by atoms with Crippen molar-refractivity contribution in [2.24, 2.45) is 17.8 Å². The molecule has 90 valence electrons. The topological polar surface area (TPSA) is 37.3 Å². The van der Waals surface area contributed by atoms with Crippen LogP contribution in [0.4, 0.5) is 4.39 Å². The van der Waals surface area contributed by atoms with E-state index in [0.717, 1.165) is 25.3 Å². The highest BCUT2D eigenvalue weighted by molar-refractivity contribution is 6.00. The first kappa shape index (κ1) is 10.8. The maximum Gasteiger partial charge on any atom is 0.170 e. The molecule has 2 bridgehead atoms. The third-order valence-corrected chi connectivity index (χ3v) is 4.30. The van der Waals surface area contributed by atoms with Crippen molar-refractivity contribution in [1.29, 1.82) is 0 Å². The van der Waals surface area contributed by atoms with Crippen LogP contribution in [-0.4, -0.2) is 10.9 Å². The highest BCUT2D eigenvalue weighted by Gasteiger charge is 2.43. The number of phenols is 1. The minimum atomic E-state index is -0.464. The summed E-state index contributed by atoms with van der Waals surface area (Å²) < 4.78 is 13.1. The summed E-state index contributed by atoms with van der Waals surface area (Å²) in [5, 5.41) is 9.65. The summed E-state index contributed by atoms with van der Waals surface area (Å²) in [4.78, 5) is 12.3. The summed E-state index contributed by atoms with van der Waals surface area (Å²) in [5.41, 5.74) is 0.155. The molecule has 1 aromatic carbocycles. The van der Waals surface area contributed by atoms with E-state index in [1.807, 2.05) is 0 Å². The molecule has 17 heavy (non-hydrogen) atoms. The van der Waals surface area contributed by atoms with Crippen molar-refractivity contribution in [1.82, 2.24) is 0 Å². The number of fused-ring (bicyclic) bond motifs is 2. The van der Waals surface area contributed by atoms with Gasteiger partial charge in [0.1, 0.15) is 11.6 Å². The number of carbonyl (C=O) groups excluding carboxylic acids is 1. The molecule has 2 aliphatic carbocycles. The van der Waals surface area contributed by atoms with Crippen molar-refractivity contribution in [2.45, 2.75) is 25.7 Å². The second-order valence-corrected chi connectivity index (χ2v) is 5.31. The van der Waals surface area contributed by atoms with Gasteiger partial charge in [0.2, 0.25) is 0 Å². The number of hydrogen-bond donors (Lipinski definition) is 1. The molecule has 3 heteroatoms. The lowest BCUT2D eigenvalue weighted by Crippen LogP contribution is -2.21. The van der Waals surface area contributed by atoms with E-state index < -0.39 is 5.82 Å². The summed E-state index contributed by atoms with van der Waals surface area (Å²) in [6, 6.07) is 3.59. The second kappa shape index (κ2) is 3.83. The standard InChI is InChI=1S/C14H15FO2/c15-10-3-4-13(16)12(7-10)14(17)11-6-8-1-2-9(11)5-8/h3-4,7-9,11,16H,1-2,5-6H2/t8-,9+,11?/m1/s1. The molecule has 0 spiro atoms. The van der Waals surface area contributed by atoms with Gasteiger partial charge < -0.3 is 5.11 Å². The molecule has 0 amide bonds. The second-order valence-electron chi connectivity index (χ2n) is 5.31. The monoisotopic (exact) mass is 234 g/mol. The number of ketones is 1. The molecule has 1 unspecified atom stereocenters. The summed E-state index contributed by atoms with van der Waals surface area (Å²) >= 11 is 0. The number of rotatable bonds is 2. The Morgan fingerprint density at radius 2 is 2.12 bits per heavy atom. The smallest absolute Gasteiger partial charge is 0.170 e. The van der Waals surface area contributed by atoms with Gasteiger partial charge in [0.25, 0.3) is 0 Å². The zero-order chi connectivity index (χ0) is 12.0. The Bertz CT molecular complexity index is 469. The molecular formula is C14H15FO2. The Hall–Kier alpha value is -1.38. The van der Waals surface area contributed by atoms with Crippen LogP contribution in [0.25, 0.3) is 0 Å². The number of Topliss-reactive ketones (excluding diaryl/α,β-unsaturated/α-hetero) is 1. The lowest BCUT2D eigenvalue weighted by Gasteiger charge is -2.20. The SMILES string of the molecule is O=C(c1cc(F)ccc1O)C1C[C@@H]2CC[C@H]1C2. The van der Waals surface area contributed by atoms with E-state index in [2.05, 4.69) is 0 Å². The molecule has 0 saturated heterocycles. The molecule has 3 atom stereocenters. The first-order valence-electron chi connectivity index (χ1n) is 6.18. The first-order valence-corrected chi connectivity index (χ1v) is 6.18. The number of hydrogen-bond acceptors (Lipinski definition) is 2. The highest BCUT2D eigenvalue weighted by atomic mass is 19.1. The minimum absolute atomic E-state index is 0.00134. The Kier molecular flexibility index (Phi) is 2.42. The fourth-order valence-corrected chi connectivity index (χ4v) is 3.47. The van der Waals surface area contributed by atoms with E-state index in [0.29, 0.717) is 11.8 Å². The van der Waals surface area contributed by atoms with Crippen LogP contribution < -0.4 is 0 Å². The van der Waals surface area contributed by atoms with Crippen LogP contribution in [0.2, 0.25) is 0 Å². The number of benzene rings is 1. The average Bonchev–Trinajstić information content (AvgIpc) is 2.93. The molecule has 0 radical (unpaired) electrons. The number of phenolic OH excluding ortho intramolecular Hbond substituents is 1. The Morgan fingerprint density at radius 3 is 2.76 bits per heavy atom.